The average Bonchev–Trinajstić information content (AvgIpc) is 2.59. The number of aryl methyl sites for hydroxylation is 1. The molecule has 1 aromatic carbocycles. The first-order valence-corrected chi connectivity index (χ1v) is 10.2. The Kier molecular flexibility index (Phi) is 11.8. The molecule has 0 radical (unpaired) electrons. The van der Waals surface area contributed by atoms with Gasteiger partial charge in [-0.3, -0.25) is 0 Å². The lowest BCUT2D eigenvalue weighted by Crippen LogP contribution is -2.07. The number of benzene rings is 1. The minimum Gasteiger partial charge on any atom is -0.449 e. The highest BCUT2D eigenvalue weighted by molar-refractivity contribution is 5.62. The van der Waals surface area contributed by atoms with Crippen molar-refractivity contribution >= 4 is 6.16 Å². The van der Waals surface area contributed by atoms with Crippen molar-refractivity contribution in [2.45, 2.75) is 97.3 Å². The summed E-state index contributed by atoms with van der Waals surface area (Å²) in [5, 5.41) is 9.00. The predicted octanol–water partition coefficient (Wildman–Crippen LogP) is 7.16. The van der Waals surface area contributed by atoms with E-state index in [4.69, 9.17) is 9.84 Å². The Morgan fingerprint density at radius 1 is 0.840 bits per heavy atom. The number of hydrogen-bond donors (Lipinski definition) is 1. The summed E-state index contributed by atoms with van der Waals surface area (Å²) in [4.78, 5) is 11.0. The second-order valence-electron chi connectivity index (χ2n) is 6.94. The Hall–Kier alpha value is -1.51. The van der Waals surface area contributed by atoms with E-state index in [2.05, 4.69) is 19.9 Å². The SMILES string of the molecule is CCCCCCCCc1c(CCCCCCC)cccc1OC(=O)O. The van der Waals surface area contributed by atoms with E-state index in [-0.39, 0.29) is 0 Å². The molecule has 1 N–H and O–H groups in total. The molecule has 1 aromatic rings. The van der Waals surface area contributed by atoms with Crippen LogP contribution < -0.4 is 4.74 Å². The van der Waals surface area contributed by atoms with E-state index >= 15 is 0 Å². The molecule has 0 saturated heterocycles. The number of hydrogen-bond acceptors (Lipinski definition) is 2. The van der Waals surface area contributed by atoms with Crippen LogP contribution in [0.3, 0.4) is 0 Å². The Bertz CT molecular complexity index is 482. The second kappa shape index (κ2) is 13.7. The number of unbranched alkanes of at least 4 members (excludes halogenated alkanes) is 9. The summed E-state index contributed by atoms with van der Waals surface area (Å²) in [6, 6.07) is 5.85. The first-order chi connectivity index (χ1) is 12.2. The smallest absolute Gasteiger partial charge is 0.449 e. The molecule has 3 heteroatoms. The van der Waals surface area contributed by atoms with E-state index < -0.39 is 6.16 Å². The highest BCUT2D eigenvalue weighted by Crippen LogP contribution is 2.27. The molecule has 0 unspecified atom stereocenters. The van der Waals surface area contributed by atoms with Crippen molar-refractivity contribution in [2.75, 3.05) is 0 Å². The van der Waals surface area contributed by atoms with Crippen molar-refractivity contribution in [3.05, 3.63) is 29.3 Å². The highest BCUT2D eigenvalue weighted by Gasteiger charge is 2.12. The number of carbonyl (C=O) groups is 1. The molecule has 0 bridgehead atoms. The van der Waals surface area contributed by atoms with Gasteiger partial charge in [-0.2, -0.15) is 0 Å². The maximum atomic E-state index is 11.0. The maximum absolute atomic E-state index is 11.0. The van der Waals surface area contributed by atoms with Gasteiger partial charge < -0.3 is 9.84 Å². The number of rotatable bonds is 14. The van der Waals surface area contributed by atoms with E-state index in [9.17, 15) is 4.79 Å². The van der Waals surface area contributed by atoms with Crippen molar-refractivity contribution in [1.82, 2.24) is 0 Å². The third kappa shape index (κ3) is 9.52. The van der Waals surface area contributed by atoms with Gasteiger partial charge in [0.25, 0.3) is 0 Å². The topological polar surface area (TPSA) is 46.5 Å². The molecule has 1 rings (SSSR count). The van der Waals surface area contributed by atoms with Gasteiger partial charge in [-0.25, -0.2) is 4.79 Å². The fourth-order valence-electron chi connectivity index (χ4n) is 3.32. The van der Waals surface area contributed by atoms with Crippen molar-refractivity contribution < 1.29 is 14.6 Å². The van der Waals surface area contributed by atoms with E-state index in [0.717, 1.165) is 24.8 Å². The zero-order chi connectivity index (χ0) is 18.3. The van der Waals surface area contributed by atoms with Crippen LogP contribution in [0.4, 0.5) is 4.79 Å². The van der Waals surface area contributed by atoms with Crippen molar-refractivity contribution in [1.29, 1.82) is 0 Å². The molecule has 0 aliphatic carbocycles. The summed E-state index contributed by atoms with van der Waals surface area (Å²) in [6.07, 6.45) is 14.4. The molecule has 0 aliphatic heterocycles. The van der Waals surface area contributed by atoms with Crippen LogP contribution in [0, 0.1) is 0 Å². The largest absolute Gasteiger partial charge is 0.511 e. The Labute approximate surface area is 153 Å². The monoisotopic (exact) mass is 348 g/mol. The van der Waals surface area contributed by atoms with Gasteiger partial charge in [0.1, 0.15) is 5.75 Å². The number of ether oxygens (including phenoxy) is 1. The molecule has 0 saturated carbocycles. The molecule has 3 nitrogen and oxygen atoms in total. The van der Waals surface area contributed by atoms with Crippen molar-refractivity contribution in [2.24, 2.45) is 0 Å². The first kappa shape index (κ1) is 21.5. The number of carboxylic acid groups (broad SMARTS) is 1. The van der Waals surface area contributed by atoms with E-state index in [1.807, 2.05) is 6.07 Å². The lowest BCUT2D eigenvalue weighted by atomic mass is 9.95. The van der Waals surface area contributed by atoms with Gasteiger partial charge >= 0.3 is 6.16 Å². The summed E-state index contributed by atoms with van der Waals surface area (Å²) in [7, 11) is 0. The average molecular weight is 349 g/mol. The summed E-state index contributed by atoms with van der Waals surface area (Å²) in [5.74, 6) is 0.534. The van der Waals surface area contributed by atoms with E-state index in [1.165, 1.54) is 69.8 Å². The molecule has 0 atom stereocenters. The van der Waals surface area contributed by atoms with E-state index in [0.29, 0.717) is 5.75 Å². The van der Waals surface area contributed by atoms with Gasteiger partial charge in [0.15, 0.2) is 0 Å². The Morgan fingerprint density at radius 3 is 2.00 bits per heavy atom. The minimum atomic E-state index is -1.22. The van der Waals surface area contributed by atoms with Crippen LogP contribution in [0.5, 0.6) is 5.75 Å². The third-order valence-electron chi connectivity index (χ3n) is 4.76. The van der Waals surface area contributed by atoms with Crippen LogP contribution in [0.1, 0.15) is 95.6 Å². The molecule has 25 heavy (non-hydrogen) atoms. The highest BCUT2D eigenvalue weighted by atomic mass is 16.7. The van der Waals surface area contributed by atoms with E-state index in [1.54, 1.807) is 6.07 Å². The lowest BCUT2D eigenvalue weighted by Gasteiger charge is -2.14. The van der Waals surface area contributed by atoms with Crippen LogP contribution in [0.25, 0.3) is 0 Å². The second-order valence-corrected chi connectivity index (χ2v) is 6.94. The lowest BCUT2D eigenvalue weighted by molar-refractivity contribution is 0.144. The van der Waals surface area contributed by atoms with Gasteiger partial charge in [0.2, 0.25) is 0 Å². The summed E-state index contributed by atoms with van der Waals surface area (Å²) < 4.78 is 5.04. The van der Waals surface area contributed by atoms with Crippen molar-refractivity contribution in [3.63, 3.8) is 0 Å². The first-order valence-electron chi connectivity index (χ1n) is 10.2. The molecular weight excluding hydrogens is 312 g/mol. The van der Waals surface area contributed by atoms with Crippen LogP contribution in [-0.2, 0) is 12.8 Å². The van der Waals surface area contributed by atoms with Crippen molar-refractivity contribution in [3.8, 4) is 5.75 Å². The molecule has 0 aliphatic rings. The summed E-state index contributed by atoms with van der Waals surface area (Å²) in [5.41, 5.74) is 2.37. The molecule has 0 aromatic heterocycles. The molecule has 0 heterocycles. The molecule has 0 fully saturated rings. The quantitative estimate of drug-likeness (QED) is 0.220. The summed E-state index contributed by atoms with van der Waals surface area (Å²) in [6.45, 7) is 4.46. The molecule has 0 spiro atoms. The van der Waals surface area contributed by atoms with Gasteiger partial charge in [-0.15, -0.1) is 0 Å². The maximum Gasteiger partial charge on any atom is 0.511 e. The van der Waals surface area contributed by atoms with Crippen LogP contribution >= 0.6 is 0 Å². The van der Waals surface area contributed by atoms with Crippen LogP contribution in [-0.4, -0.2) is 11.3 Å². The fraction of sp³-hybridized carbons (Fsp3) is 0.682. The van der Waals surface area contributed by atoms with Crippen LogP contribution in [0.2, 0.25) is 0 Å². The summed E-state index contributed by atoms with van der Waals surface area (Å²) >= 11 is 0. The van der Waals surface area contributed by atoms with Gasteiger partial charge in [0.05, 0.1) is 0 Å². The molecule has 0 amide bonds. The van der Waals surface area contributed by atoms with Gasteiger partial charge in [-0.05, 0) is 42.9 Å². The normalized spacial score (nSPS) is 10.8. The third-order valence-corrected chi connectivity index (χ3v) is 4.76. The zero-order valence-electron chi connectivity index (χ0n) is 16.2. The Morgan fingerprint density at radius 2 is 1.40 bits per heavy atom. The van der Waals surface area contributed by atoms with Gasteiger partial charge in [0, 0.05) is 0 Å². The molecular formula is C22H36O3. The minimum absolute atomic E-state index is 0.534. The van der Waals surface area contributed by atoms with Crippen LogP contribution in [0.15, 0.2) is 18.2 Å². The zero-order valence-corrected chi connectivity index (χ0v) is 16.2. The Balaban J connectivity index is 2.62. The van der Waals surface area contributed by atoms with Gasteiger partial charge in [-0.1, -0.05) is 83.8 Å². The molecule has 142 valence electrons. The fourth-order valence-corrected chi connectivity index (χ4v) is 3.32. The predicted molar refractivity (Wildman–Crippen MR) is 105 cm³/mol. The standard InChI is InChI=1S/C22H36O3/c1-3-5-7-9-11-13-17-20-19(15-12-10-8-6-4-2)16-14-18-21(20)25-22(23)24/h14,16,18H,3-13,15,17H2,1-2H3,(H,23,24).